The van der Waals surface area contributed by atoms with Crippen LogP contribution in [0, 0.1) is 0 Å². The van der Waals surface area contributed by atoms with Crippen LogP contribution in [0.1, 0.15) is 59.1 Å². The fraction of sp³-hybridized carbons (Fsp3) is 0.351. The predicted octanol–water partition coefficient (Wildman–Crippen LogP) is 3.69. The first kappa shape index (κ1) is 36.9. The van der Waals surface area contributed by atoms with Crippen molar-refractivity contribution in [3.05, 3.63) is 120 Å². The summed E-state index contributed by atoms with van der Waals surface area (Å²) < 4.78 is 36.3. The molecule has 0 aliphatic carbocycles. The number of carbonyl (C=O) groups excluding carboxylic acids is 4. The van der Waals surface area contributed by atoms with Crippen molar-refractivity contribution in [2.75, 3.05) is 13.2 Å². The fourth-order valence-electron chi connectivity index (χ4n) is 5.82. The first-order chi connectivity index (χ1) is 25.8. The van der Waals surface area contributed by atoms with E-state index in [0.29, 0.717) is 12.8 Å². The van der Waals surface area contributed by atoms with Gasteiger partial charge in [0, 0.05) is 12.1 Å². The van der Waals surface area contributed by atoms with Gasteiger partial charge in [-0.05, 0) is 30.4 Å². The van der Waals surface area contributed by atoms with Gasteiger partial charge in [-0.1, -0.05) is 91.0 Å². The molecular weight excluding hydrogens is 688 g/mol. The van der Waals surface area contributed by atoms with Gasteiger partial charge in [-0.25, -0.2) is 24.0 Å². The van der Waals surface area contributed by atoms with Crippen LogP contribution in [0.3, 0.4) is 0 Å². The lowest BCUT2D eigenvalue weighted by molar-refractivity contribution is -0.169. The molecule has 6 rings (SSSR count). The van der Waals surface area contributed by atoms with Gasteiger partial charge < -0.3 is 44.8 Å². The number of alkyl carbamates (subject to hydrolysis) is 2. The van der Waals surface area contributed by atoms with E-state index < -0.39 is 60.9 Å². The van der Waals surface area contributed by atoms with Gasteiger partial charge in [0.15, 0.2) is 12.5 Å². The molecule has 16 heteroatoms. The van der Waals surface area contributed by atoms with Crippen LogP contribution in [0.5, 0.6) is 0 Å². The molecule has 16 nitrogen and oxygen atoms in total. The molecule has 2 fully saturated rings. The number of rotatable bonds is 16. The second-order valence-corrected chi connectivity index (χ2v) is 12.3. The van der Waals surface area contributed by atoms with Crippen molar-refractivity contribution in [1.29, 1.82) is 0 Å². The lowest BCUT2D eigenvalue weighted by Gasteiger charge is -2.22. The molecule has 0 bridgehead atoms. The number of hydrogen-bond donors (Lipinski definition) is 3. The van der Waals surface area contributed by atoms with Crippen molar-refractivity contribution >= 4 is 24.1 Å². The van der Waals surface area contributed by atoms with Gasteiger partial charge in [0.2, 0.25) is 5.82 Å². The molecule has 278 valence electrons. The number of esters is 1. The number of amides is 3. The van der Waals surface area contributed by atoms with Crippen LogP contribution < -0.4 is 16.4 Å². The topological polar surface area (TPSA) is 204 Å². The van der Waals surface area contributed by atoms with Crippen LogP contribution in [0.25, 0.3) is 0 Å². The molecular formula is C37H40N6O10. The van der Waals surface area contributed by atoms with Gasteiger partial charge in [-0.2, -0.15) is 0 Å². The summed E-state index contributed by atoms with van der Waals surface area (Å²) in [6.07, 6.45) is -2.81. The maximum Gasteiger partial charge on any atom is 0.408 e. The molecule has 0 radical (unpaired) electrons. The Morgan fingerprint density at radius 3 is 2.04 bits per heavy atom. The minimum absolute atomic E-state index is 0.00347. The van der Waals surface area contributed by atoms with E-state index in [0.717, 1.165) is 16.7 Å². The molecule has 6 atom stereocenters. The molecule has 53 heavy (non-hydrogen) atoms. The normalized spacial score (nSPS) is 20.9. The number of ether oxygens (including phenoxy) is 6. The Hall–Kier alpha value is -5.84. The van der Waals surface area contributed by atoms with Crippen molar-refractivity contribution < 1.29 is 47.6 Å². The lowest BCUT2D eigenvalue weighted by Crippen LogP contribution is -2.43. The molecule has 4 N–H and O–H groups in total. The molecule has 2 saturated heterocycles. The molecule has 0 saturated carbocycles. The highest BCUT2D eigenvalue weighted by molar-refractivity contribution is 5.88. The predicted molar refractivity (Wildman–Crippen MR) is 184 cm³/mol. The number of nitrogens with zero attached hydrogens (tertiary/aromatic N) is 3. The number of benzene rings is 3. The van der Waals surface area contributed by atoms with E-state index in [4.69, 9.17) is 34.2 Å². The fourth-order valence-corrected chi connectivity index (χ4v) is 5.82. The van der Waals surface area contributed by atoms with Crippen molar-refractivity contribution in [1.82, 2.24) is 25.4 Å². The maximum absolute atomic E-state index is 13.5. The van der Waals surface area contributed by atoms with E-state index in [1.54, 1.807) is 0 Å². The average Bonchev–Trinajstić information content (AvgIpc) is 3.93. The number of primary amides is 1. The number of fused-ring (bicyclic) bond motifs is 1. The van der Waals surface area contributed by atoms with Crippen LogP contribution in [-0.4, -0.2) is 76.3 Å². The van der Waals surface area contributed by atoms with Gasteiger partial charge in [0.05, 0.1) is 0 Å². The molecule has 3 aromatic carbocycles. The first-order valence-electron chi connectivity index (χ1n) is 17.1. The number of nitrogens with two attached hydrogens (primary N) is 1. The van der Waals surface area contributed by atoms with Crippen LogP contribution in [-0.2, 0) is 46.4 Å². The number of hydrogen-bond acceptors (Lipinski definition) is 12. The molecule has 4 aromatic rings. The molecule has 4 unspecified atom stereocenters. The maximum atomic E-state index is 13.5. The Labute approximate surface area is 304 Å². The lowest BCUT2D eigenvalue weighted by atomic mass is 10.1. The van der Waals surface area contributed by atoms with Gasteiger partial charge in [-0.3, -0.25) is 4.79 Å². The highest BCUT2D eigenvalue weighted by Gasteiger charge is 2.54. The van der Waals surface area contributed by atoms with Gasteiger partial charge >= 0.3 is 18.2 Å². The van der Waals surface area contributed by atoms with E-state index in [-0.39, 0.29) is 38.6 Å². The highest BCUT2D eigenvalue weighted by Crippen LogP contribution is 2.44. The summed E-state index contributed by atoms with van der Waals surface area (Å²) in [5, 5.41) is 9.43. The van der Waals surface area contributed by atoms with E-state index in [1.807, 2.05) is 91.0 Å². The number of unbranched alkanes of at least 4 members (excludes halogenated alkanes) is 1. The van der Waals surface area contributed by atoms with Crippen LogP contribution in [0.4, 0.5) is 9.59 Å². The third kappa shape index (κ3) is 10.2. The zero-order chi connectivity index (χ0) is 37.0. The zero-order valence-corrected chi connectivity index (χ0v) is 28.7. The number of aromatic nitrogens is 3. The Morgan fingerprint density at radius 2 is 1.40 bits per heavy atom. The molecule has 1 aromatic heterocycles. The SMILES string of the molecule is NC(=O)c1ncn(C2OC(COC(=O)[C@H](CCCCNC(=O)OCc3ccccc3)NC(=O)OCc3ccccc3)C3OC(c4ccccc4)O[C@H]32)n1. The van der Waals surface area contributed by atoms with Crippen LogP contribution >= 0.6 is 0 Å². The van der Waals surface area contributed by atoms with Crippen molar-refractivity contribution in [3.63, 3.8) is 0 Å². The smallest absolute Gasteiger partial charge is 0.408 e. The summed E-state index contributed by atoms with van der Waals surface area (Å²) in [6.45, 7) is 0.169. The van der Waals surface area contributed by atoms with E-state index in [2.05, 4.69) is 20.7 Å². The third-order valence-corrected chi connectivity index (χ3v) is 8.49. The van der Waals surface area contributed by atoms with Gasteiger partial charge in [0.25, 0.3) is 5.91 Å². The standard InChI is InChI=1S/C37H40N6O10/c38-31(44)32-40-23-43(42-32)33-30-29(52-35(53-30)26-16-8-3-9-17-26)28(51-33)22-48-34(45)27(41-37(47)50-21-25-14-6-2-7-15-25)18-10-11-19-39-36(46)49-20-24-12-4-1-5-13-24/h1-9,12-17,23,27-30,33,35H,10-11,18-22H2,(H2,38,44)(H,39,46)(H,41,47)/t27-,28?,29?,30+,33?,35?/m0/s1. The van der Waals surface area contributed by atoms with Crippen LogP contribution in [0.15, 0.2) is 97.3 Å². The first-order valence-corrected chi connectivity index (χ1v) is 17.1. The van der Waals surface area contributed by atoms with Crippen molar-refractivity contribution in [3.8, 4) is 0 Å². The van der Waals surface area contributed by atoms with E-state index >= 15 is 0 Å². The van der Waals surface area contributed by atoms with E-state index in [1.165, 1.54) is 11.0 Å². The molecule has 2 aliphatic heterocycles. The molecule has 3 heterocycles. The minimum atomic E-state index is -1.08. The summed E-state index contributed by atoms with van der Waals surface area (Å²) in [5.74, 6) is -1.74. The highest BCUT2D eigenvalue weighted by atomic mass is 16.8. The van der Waals surface area contributed by atoms with Crippen molar-refractivity contribution in [2.24, 2.45) is 5.73 Å². The number of nitrogens with one attached hydrogen (secondary N) is 2. The van der Waals surface area contributed by atoms with Gasteiger partial charge in [0.1, 0.15) is 50.5 Å². The quantitative estimate of drug-likeness (QED) is 0.0859. The van der Waals surface area contributed by atoms with Crippen molar-refractivity contribution in [2.45, 2.75) is 69.3 Å². The Bertz CT molecular complexity index is 1810. The summed E-state index contributed by atoms with van der Waals surface area (Å²) in [5.41, 5.74) is 7.76. The largest absolute Gasteiger partial charge is 0.461 e. The third-order valence-electron chi connectivity index (χ3n) is 8.49. The van der Waals surface area contributed by atoms with Crippen LogP contribution in [0.2, 0.25) is 0 Å². The summed E-state index contributed by atoms with van der Waals surface area (Å²) in [4.78, 5) is 54.1. The monoisotopic (exact) mass is 728 g/mol. The molecule has 2 aliphatic rings. The Morgan fingerprint density at radius 1 is 0.774 bits per heavy atom. The Kier molecular flexibility index (Phi) is 12.6. The second kappa shape index (κ2) is 18.1. The minimum Gasteiger partial charge on any atom is -0.461 e. The summed E-state index contributed by atoms with van der Waals surface area (Å²) >= 11 is 0. The van der Waals surface area contributed by atoms with Gasteiger partial charge in [-0.15, -0.1) is 5.10 Å². The molecule has 0 spiro atoms. The van der Waals surface area contributed by atoms with E-state index in [9.17, 15) is 19.2 Å². The molecule has 3 amide bonds. The zero-order valence-electron chi connectivity index (χ0n) is 28.7. The second-order valence-electron chi connectivity index (χ2n) is 12.3. The summed E-state index contributed by atoms with van der Waals surface area (Å²) in [6, 6.07) is 26.6. The Balaban J connectivity index is 1.06. The summed E-state index contributed by atoms with van der Waals surface area (Å²) in [7, 11) is 0. The number of carbonyl (C=O) groups is 4. The average molecular weight is 729 g/mol.